The van der Waals surface area contributed by atoms with Crippen LogP contribution in [-0.4, -0.2) is 55.9 Å². The van der Waals surface area contributed by atoms with E-state index in [9.17, 15) is 0 Å². The second-order valence-electron chi connectivity index (χ2n) is 5.76. The van der Waals surface area contributed by atoms with Crippen LogP contribution in [0.2, 0.25) is 0 Å². The van der Waals surface area contributed by atoms with Gasteiger partial charge in [-0.25, -0.2) is 9.67 Å². The highest BCUT2D eigenvalue weighted by Gasteiger charge is 2.10. The summed E-state index contributed by atoms with van der Waals surface area (Å²) in [4.78, 5) is 19.5. The van der Waals surface area contributed by atoms with Gasteiger partial charge >= 0.3 is 0 Å². The molecule has 1 saturated heterocycles. The molecule has 0 aliphatic carbocycles. The van der Waals surface area contributed by atoms with E-state index in [0.717, 1.165) is 24.4 Å². The third kappa shape index (κ3) is 5.73. The Morgan fingerprint density at radius 2 is 1.96 bits per heavy atom. The van der Waals surface area contributed by atoms with E-state index in [1.54, 1.807) is 12.5 Å². The van der Waals surface area contributed by atoms with E-state index in [4.69, 9.17) is 9.90 Å². The first-order valence-electron chi connectivity index (χ1n) is 8.44. The fourth-order valence-electron chi connectivity index (χ4n) is 2.95. The number of pyridine rings is 1. The van der Waals surface area contributed by atoms with Crippen molar-refractivity contribution in [1.82, 2.24) is 24.6 Å². The Kier molecular flexibility index (Phi) is 7.89. The minimum atomic E-state index is -0.250. The van der Waals surface area contributed by atoms with Crippen molar-refractivity contribution < 1.29 is 9.90 Å². The molecular formula is C17H25N5O2. The van der Waals surface area contributed by atoms with Gasteiger partial charge in [0.15, 0.2) is 0 Å². The number of nitrogens with zero attached hydrogens (tertiary/aromatic N) is 5. The van der Waals surface area contributed by atoms with Gasteiger partial charge in [0.05, 0.1) is 11.9 Å². The number of aromatic nitrogens is 4. The highest BCUT2D eigenvalue weighted by molar-refractivity contribution is 5.32. The first-order chi connectivity index (χ1) is 11.8. The summed E-state index contributed by atoms with van der Waals surface area (Å²) in [6, 6.07) is 3.94. The zero-order valence-corrected chi connectivity index (χ0v) is 13.9. The van der Waals surface area contributed by atoms with Gasteiger partial charge in [0.25, 0.3) is 6.47 Å². The quantitative estimate of drug-likeness (QED) is 0.845. The Labute approximate surface area is 142 Å². The summed E-state index contributed by atoms with van der Waals surface area (Å²) in [6.45, 7) is 3.44. The number of hydrogen-bond acceptors (Lipinski definition) is 5. The van der Waals surface area contributed by atoms with E-state index < -0.39 is 0 Å². The predicted molar refractivity (Wildman–Crippen MR) is 91.1 cm³/mol. The summed E-state index contributed by atoms with van der Waals surface area (Å²) >= 11 is 0. The van der Waals surface area contributed by atoms with E-state index in [1.807, 2.05) is 23.0 Å². The Hall–Kier alpha value is -2.28. The van der Waals surface area contributed by atoms with Crippen molar-refractivity contribution >= 4 is 6.47 Å². The molecule has 0 atom stereocenters. The van der Waals surface area contributed by atoms with E-state index in [0.29, 0.717) is 0 Å². The molecule has 7 nitrogen and oxygen atoms in total. The monoisotopic (exact) mass is 331 g/mol. The first kappa shape index (κ1) is 18.1. The largest absolute Gasteiger partial charge is 0.483 e. The van der Waals surface area contributed by atoms with Crippen molar-refractivity contribution in [3.8, 4) is 5.69 Å². The normalized spacial score (nSPS) is 15.2. The molecule has 0 bridgehead atoms. The molecule has 1 aliphatic heterocycles. The van der Waals surface area contributed by atoms with Gasteiger partial charge in [0, 0.05) is 12.6 Å². The molecule has 3 heterocycles. The molecule has 130 valence electrons. The van der Waals surface area contributed by atoms with Gasteiger partial charge in [-0.1, -0.05) is 12.8 Å². The van der Waals surface area contributed by atoms with Crippen LogP contribution in [0.3, 0.4) is 0 Å². The number of hydrogen-bond donors (Lipinski definition) is 1. The van der Waals surface area contributed by atoms with E-state index in [1.165, 1.54) is 45.3 Å². The minimum absolute atomic E-state index is 0.250. The summed E-state index contributed by atoms with van der Waals surface area (Å²) < 4.78 is 1.90. The van der Waals surface area contributed by atoms with Gasteiger partial charge in [0.2, 0.25) is 0 Å². The number of aryl methyl sites for hydroxylation is 1. The molecule has 0 saturated carbocycles. The molecule has 3 rings (SSSR count). The average Bonchev–Trinajstić information content (AvgIpc) is 2.92. The second-order valence-corrected chi connectivity index (χ2v) is 5.76. The van der Waals surface area contributed by atoms with Crippen LogP contribution in [0.25, 0.3) is 5.69 Å². The van der Waals surface area contributed by atoms with Crippen molar-refractivity contribution in [2.75, 3.05) is 19.6 Å². The van der Waals surface area contributed by atoms with Gasteiger partial charge in [-0.15, -0.1) is 0 Å². The zero-order valence-electron chi connectivity index (χ0n) is 13.9. The molecule has 2 aromatic heterocycles. The number of carbonyl (C=O) groups is 1. The maximum atomic E-state index is 8.36. The zero-order chi connectivity index (χ0) is 17.0. The van der Waals surface area contributed by atoms with Crippen LogP contribution in [-0.2, 0) is 11.2 Å². The lowest BCUT2D eigenvalue weighted by molar-refractivity contribution is -0.122. The van der Waals surface area contributed by atoms with Crippen LogP contribution in [0.15, 0.2) is 30.9 Å². The molecule has 1 N–H and O–H groups in total. The lowest BCUT2D eigenvalue weighted by Crippen LogP contribution is -2.26. The average molecular weight is 331 g/mol. The molecule has 1 aliphatic rings. The molecule has 0 unspecified atom stereocenters. The number of carboxylic acid groups (broad SMARTS) is 1. The molecular weight excluding hydrogens is 306 g/mol. The SMILES string of the molecule is O=CO.c1cncc(-n2ncnc2CCCN2CCCCCC2)c1. The number of likely N-dealkylation sites (tertiary alicyclic amines) is 1. The summed E-state index contributed by atoms with van der Waals surface area (Å²) in [6.07, 6.45) is 12.8. The van der Waals surface area contributed by atoms with Crippen LogP contribution >= 0.6 is 0 Å². The van der Waals surface area contributed by atoms with Gasteiger partial charge < -0.3 is 10.0 Å². The Balaban J connectivity index is 0.000000647. The summed E-state index contributed by atoms with van der Waals surface area (Å²) in [7, 11) is 0. The molecule has 0 spiro atoms. The second kappa shape index (κ2) is 10.5. The third-order valence-corrected chi connectivity index (χ3v) is 4.08. The Morgan fingerprint density at radius 3 is 2.62 bits per heavy atom. The molecule has 1 fully saturated rings. The summed E-state index contributed by atoms with van der Waals surface area (Å²) in [5.74, 6) is 1.03. The molecule has 24 heavy (non-hydrogen) atoms. The lowest BCUT2D eigenvalue weighted by Gasteiger charge is -2.19. The summed E-state index contributed by atoms with van der Waals surface area (Å²) in [5, 5.41) is 11.2. The van der Waals surface area contributed by atoms with Gasteiger partial charge in [-0.3, -0.25) is 9.78 Å². The molecule has 0 aromatic carbocycles. The predicted octanol–water partition coefficient (Wildman–Crippen LogP) is 2.17. The fourth-order valence-corrected chi connectivity index (χ4v) is 2.95. The van der Waals surface area contributed by atoms with E-state index in [-0.39, 0.29) is 6.47 Å². The highest BCUT2D eigenvalue weighted by Crippen LogP contribution is 2.12. The van der Waals surface area contributed by atoms with E-state index in [2.05, 4.69) is 20.0 Å². The van der Waals surface area contributed by atoms with Gasteiger partial charge in [-0.2, -0.15) is 5.10 Å². The summed E-state index contributed by atoms with van der Waals surface area (Å²) in [5.41, 5.74) is 0.986. The molecule has 0 radical (unpaired) electrons. The lowest BCUT2D eigenvalue weighted by atomic mass is 10.2. The smallest absolute Gasteiger partial charge is 0.290 e. The van der Waals surface area contributed by atoms with Crippen molar-refractivity contribution in [3.05, 3.63) is 36.7 Å². The standard InChI is InChI=1S/C16H23N5.CH2O2/c1-2-4-11-20(10-3-1)12-6-8-16-18-14-19-21(16)15-7-5-9-17-13-15;2-1-3/h5,7,9,13-14H,1-4,6,8,10-12H2;1H,(H,2,3). The topological polar surface area (TPSA) is 84.1 Å². The van der Waals surface area contributed by atoms with Crippen LogP contribution in [0.4, 0.5) is 0 Å². The Bertz CT molecular complexity index is 580. The van der Waals surface area contributed by atoms with Crippen molar-refractivity contribution in [2.45, 2.75) is 38.5 Å². The van der Waals surface area contributed by atoms with Crippen molar-refractivity contribution in [1.29, 1.82) is 0 Å². The fraction of sp³-hybridized carbons (Fsp3) is 0.529. The number of rotatable bonds is 5. The van der Waals surface area contributed by atoms with E-state index >= 15 is 0 Å². The maximum absolute atomic E-state index is 8.36. The van der Waals surface area contributed by atoms with Crippen molar-refractivity contribution in [2.24, 2.45) is 0 Å². The first-order valence-corrected chi connectivity index (χ1v) is 8.44. The van der Waals surface area contributed by atoms with Crippen LogP contribution in [0.5, 0.6) is 0 Å². The molecule has 7 heteroatoms. The Morgan fingerprint density at radius 1 is 1.21 bits per heavy atom. The molecule has 2 aromatic rings. The third-order valence-electron chi connectivity index (χ3n) is 4.08. The minimum Gasteiger partial charge on any atom is -0.483 e. The van der Waals surface area contributed by atoms with Gasteiger partial charge in [-0.05, 0) is 51.0 Å². The van der Waals surface area contributed by atoms with Crippen LogP contribution < -0.4 is 0 Å². The van der Waals surface area contributed by atoms with Gasteiger partial charge in [0.1, 0.15) is 12.2 Å². The van der Waals surface area contributed by atoms with Crippen molar-refractivity contribution in [3.63, 3.8) is 0 Å². The van der Waals surface area contributed by atoms with Crippen LogP contribution in [0, 0.1) is 0 Å². The van der Waals surface area contributed by atoms with Crippen LogP contribution in [0.1, 0.15) is 37.9 Å². The highest BCUT2D eigenvalue weighted by atomic mass is 16.3. The maximum Gasteiger partial charge on any atom is 0.290 e. The molecule has 0 amide bonds.